The number of benzene rings is 2. The topological polar surface area (TPSA) is 90.2 Å². The lowest BCUT2D eigenvalue weighted by Crippen LogP contribution is -2.35. The lowest BCUT2D eigenvalue weighted by atomic mass is 9.63. The van der Waals surface area contributed by atoms with Gasteiger partial charge in [0.05, 0.1) is 17.5 Å². The van der Waals surface area contributed by atoms with E-state index in [0.717, 1.165) is 43.9 Å². The quantitative estimate of drug-likeness (QED) is 0.324. The third kappa shape index (κ3) is 5.99. The van der Waals surface area contributed by atoms with Crippen molar-refractivity contribution in [3.05, 3.63) is 59.2 Å². The van der Waals surface area contributed by atoms with Crippen molar-refractivity contribution in [2.24, 2.45) is 4.99 Å². The summed E-state index contributed by atoms with van der Waals surface area (Å²) in [7, 11) is 0. The van der Waals surface area contributed by atoms with Crippen molar-refractivity contribution in [3.63, 3.8) is 0 Å². The maximum Gasteiger partial charge on any atom is 0.337 e. The van der Waals surface area contributed by atoms with Gasteiger partial charge in [0.25, 0.3) is 5.91 Å². The van der Waals surface area contributed by atoms with Gasteiger partial charge in [0, 0.05) is 5.69 Å². The SMILES string of the molecule is CCCCCC(O)N=CC(=O)N(c1ccc2c(c1)C(C)(C)CCC2(C)C)c1ccccc1C(=O)O. The summed E-state index contributed by atoms with van der Waals surface area (Å²) in [6.07, 6.45) is 5.55. The summed E-state index contributed by atoms with van der Waals surface area (Å²) >= 11 is 0. The van der Waals surface area contributed by atoms with E-state index in [0.29, 0.717) is 12.1 Å². The first kappa shape index (κ1) is 26.6. The largest absolute Gasteiger partial charge is 0.478 e. The van der Waals surface area contributed by atoms with Gasteiger partial charge < -0.3 is 10.2 Å². The van der Waals surface area contributed by atoms with E-state index in [1.807, 2.05) is 12.1 Å². The lowest BCUT2D eigenvalue weighted by molar-refractivity contribution is -0.111. The second-order valence-corrected chi connectivity index (χ2v) is 10.7. The molecule has 2 aromatic carbocycles. The van der Waals surface area contributed by atoms with Gasteiger partial charge in [-0.25, -0.2) is 4.79 Å². The highest BCUT2D eigenvalue weighted by molar-refractivity contribution is 6.35. The van der Waals surface area contributed by atoms with Crippen LogP contribution < -0.4 is 4.90 Å². The van der Waals surface area contributed by atoms with Crippen LogP contribution in [0.25, 0.3) is 0 Å². The van der Waals surface area contributed by atoms with Crippen LogP contribution in [0.2, 0.25) is 0 Å². The highest BCUT2D eigenvalue weighted by Gasteiger charge is 2.37. The summed E-state index contributed by atoms with van der Waals surface area (Å²) in [4.78, 5) is 31.0. The predicted octanol–water partition coefficient (Wildman–Crippen LogP) is 6.37. The molecule has 0 bridgehead atoms. The molecule has 1 atom stereocenters. The molecule has 188 valence electrons. The first-order chi connectivity index (χ1) is 16.5. The second-order valence-electron chi connectivity index (χ2n) is 10.7. The second kappa shape index (κ2) is 10.7. The average Bonchev–Trinajstić information content (AvgIpc) is 2.81. The Morgan fingerprint density at radius 3 is 2.34 bits per heavy atom. The van der Waals surface area contributed by atoms with Crippen LogP contribution in [0, 0.1) is 0 Å². The number of unbranched alkanes of at least 4 members (excludes halogenated alkanes) is 2. The normalized spacial score (nSPS) is 17.1. The molecule has 0 heterocycles. The third-order valence-electron chi connectivity index (χ3n) is 7.11. The van der Waals surface area contributed by atoms with Gasteiger partial charge in [-0.15, -0.1) is 0 Å². The fourth-order valence-corrected chi connectivity index (χ4v) is 4.81. The molecule has 6 heteroatoms. The van der Waals surface area contributed by atoms with Gasteiger partial charge in [-0.05, 0) is 71.9 Å². The summed E-state index contributed by atoms with van der Waals surface area (Å²) in [5.74, 6) is -1.62. The first-order valence-electron chi connectivity index (χ1n) is 12.5. The molecule has 1 aliphatic carbocycles. The van der Waals surface area contributed by atoms with Gasteiger partial charge in [0.15, 0.2) is 0 Å². The highest BCUT2D eigenvalue weighted by atomic mass is 16.4. The number of fused-ring (bicyclic) bond motifs is 1. The van der Waals surface area contributed by atoms with Crippen molar-refractivity contribution in [1.29, 1.82) is 0 Å². The van der Waals surface area contributed by atoms with Crippen molar-refractivity contribution >= 4 is 29.5 Å². The van der Waals surface area contributed by atoms with E-state index in [-0.39, 0.29) is 22.1 Å². The van der Waals surface area contributed by atoms with Gasteiger partial charge in [0.2, 0.25) is 0 Å². The van der Waals surface area contributed by atoms with Crippen LogP contribution in [-0.4, -0.2) is 34.5 Å². The van der Waals surface area contributed by atoms with Gasteiger partial charge in [-0.3, -0.25) is 14.7 Å². The number of anilines is 2. The van der Waals surface area contributed by atoms with Gasteiger partial charge in [-0.1, -0.05) is 65.7 Å². The number of aromatic carboxylic acids is 1. The summed E-state index contributed by atoms with van der Waals surface area (Å²) in [5, 5.41) is 20.0. The van der Waals surface area contributed by atoms with E-state index in [9.17, 15) is 19.8 Å². The Bertz CT molecular complexity index is 1100. The number of carbonyl (C=O) groups is 2. The van der Waals surface area contributed by atoms with Crippen LogP contribution in [0.4, 0.5) is 11.4 Å². The molecule has 2 aromatic rings. The number of aliphatic imine (C=N–C) groups is 1. The van der Waals surface area contributed by atoms with Crippen LogP contribution in [0.5, 0.6) is 0 Å². The highest BCUT2D eigenvalue weighted by Crippen LogP contribution is 2.47. The molecule has 6 nitrogen and oxygen atoms in total. The standard InChI is InChI=1S/C29H38N2O4/c1-6-7-8-13-25(32)30-19-26(33)31(24-12-10-9-11-21(24)27(34)35)20-14-15-22-23(18-20)29(4,5)17-16-28(22,2)3/h9-12,14-15,18-19,25,32H,6-8,13,16-17H2,1-5H3,(H,34,35). The predicted molar refractivity (Wildman–Crippen MR) is 141 cm³/mol. The summed E-state index contributed by atoms with van der Waals surface area (Å²) < 4.78 is 0. The van der Waals surface area contributed by atoms with E-state index in [1.54, 1.807) is 18.2 Å². The molecule has 35 heavy (non-hydrogen) atoms. The first-order valence-corrected chi connectivity index (χ1v) is 12.5. The number of carboxylic acid groups (broad SMARTS) is 1. The molecule has 0 radical (unpaired) electrons. The smallest absolute Gasteiger partial charge is 0.337 e. The fraction of sp³-hybridized carbons (Fsp3) is 0.483. The third-order valence-corrected chi connectivity index (χ3v) is 7.11. The van der Waals surface area contributed by atoms with Crippen molar-refractivity contribution in [2.75, 3.05) is 4.90 Å². The van der Waals surface area contributed by atoms with E-state index < -0.39 is 18.1 Å². The Kier molecular flexibility index (Phi) is 8.16. The van der Waals surface area contributed by atoms with E-state index in [4.69, 9.17) is 0 Å². The Hall–Kier alpha value is -2.99. The van der Waals surface area contributed by atoms with E-state index in [2.05, 4.69) is 45.7 Å². The van der Waals surface area contributed by atoms with Crippen LogP contribution in [0.3, 0.4) is 0 Å². The molecular formula is C29H38N2O4. The minimum absolute atomic E-state index is 0.0151. The number of hydrogen-bond acceptors (Lipinski definition) is 4. The molecule has 0 aromatic heterocycles. The molecule has 1 aliphatic rings. The molecule has 0 saturated heterocycles. The minimum Gasteiger partial charge on any atom is -0.478 e. The van der Waals surface area contributed by atoms with Crippen molar-refractivity contribution in [2.45, 2.75) is 90.2 Å². The molecule has 0 aliphatic heterocycles. The lowest BCUT2D eigenvalue weighted by Gasteiger charge is -2.42. The van der Waals surface area contributed by atoms with E-state index >= 15 is 0 Å². The maximum absolute atomic E-state index is 13.5. The molecule has 1 unspecified atom stereocenters. The number of nitrogens with zero attached hydrogens (tertiary/aromatic N) is 2. The van der Waals surface area contributed by atoms with Crippen LogP contribution in [0.15, 0.2) is 47.5 Å². The number of carboxylic acids is 1. The Labute approximate surface area is 208 Å². The Morgan fingerprint density at radius 1 is 1.03 bits per heavy atom. The maximum atomic E-state index is 13.5. The zero-order chi connectivity index (χ0) is 25.8. The number of hydrogen-bond donors (Lipinski definition) is 2. The monoisotopic (exact) mass is 478 g/mol. The molecule has 0 spiro atoms. The number of carbonyl (C=O) groups excluding carboxylic acids is 1. The van der Waals surface area contributed by atoms with Crippen LogP contribution in [-0.2, 0) is 15.6 Å². The van der Waals surface area contributed by atoms with Gasteiger partial charge in [0.1, 0.15) is 6.23 Å². The number of rotatable bonds is 9. The summed E-state index contributed by atoms with van der Waals surface area (Å²) in [6, 6.07) is 12.4. The Morgan fingerprint density at radius 2 is 1.69 bits per heavy atom. The number of amides is 1. The molecule has 2 N–H and O–H groups in total. The molecule has 3 rings (SSSR count). The summed E-state index contributed by atoms with van der Waals surface area (Å²) in [6.45, 7) is 11.0. The van der Waals surface area contributed by atoms with Crippen LogP contribution >= 0.6 is 0 Å². The fourth-order valence-electron chi connectivity index (χ4n) is 4.81. The molecule has 1 amide bonds. The van der Waals surface area contributed by atoms with Crippen LogP contribution in [0.1, 0.15) is 94.6 Å². The molecular weight excluding hydrogens is 440 g/mol. The Balaban J connectivity index is 2.08. The van der Waals surface area contributed by atoms with Crippen molar-refractivity contribution in [3.8, 4) is 0 Å². The number of aliphatic hydroxyl groups excluding tert-OH is 1. The van der Waals surface area contributed by atoms with Gasteiger partial charge in [-0.2, -0.15) is 0 Å². The molecule has 0 saturated carbocycles. The summed E-state index contributed by atoms with van der Waals surface area (Å²) in [5.41, 5.74) is 3.22. The minimum atomic E-state index is -1.12. The van der Waals surface area contributed by atoms with Crippen molar-refractivity contribution in [1.82, 2.24) is 0 Å². The van der Waals surface area contributed by atoms with E-state index in [1.165, 1.54) is 16.5 Å². The van der Waals surface area contributed by atoms with Crippen molar-refractivity contribution < 1.29 is 19.8 Å². The van der Waals surface area contributed by atoms with Gasteiger partial charge >= 0.3 is 5.97 Å². The molecule has 0 fully saturated rings. The zero-order valence-electron chi connectivity index (χ0n) is 21.5. The zero-order valence-corrected chi connectivity index (χ0v) is 21.5. The number of aliphatic hydroxyl groups is 1. The average molecular weight is 479 g/mol. The number of para-hydroxylation sites is 1.